The Morgan fingerprint density at radius 2 is 2.00 bits per heavy atom. The van der Waals surface area contributed by atoms with Crippen molar-refractivity contribution in [2.75, 3.05) is 6.61 Å². The van der Waals surface area contributed by atoms with Gasteiger partial charge in [-0.05, 0) is 19.4 Å². The third kappa shape index (κ3) is 4.47. The number of carbonyl (C=O) groups excluding carboxylic acids is 1. The number of Topliss-reactive ketones (excluding diaryl/α,β-unsaturated/α-hetero) is 1. The Bertz CT molecular complexity index is 331. The molecular weight excluding hydrogens is 200 g/mol. The summed E-state index contributed by atoms with van der Waals surface area (Å²) in [5.41, 5.74) is 0.992. The molecule has 0 unspecified atom stereocenters. The first-order valence-electron chi connectivity index (χ1n) is 5.94. The number of hydrogen-bond donors (Lipinski definition) is 0. The Morgan fingerprint density at radius 3 is 2.69 bits per heavy atom. The number of ketones is 1. The van der Waals surface area contributed by atoms with Gasteiger partial charge in [-0.25, -0.2) is 0 Å². The molecule has 1 aromatic carbocycles. The van der Waals surface area contributed by atoms with Gasteiger partial charge in [0.1, 0.15) is 11.5 Å². The molecular formula is C14H20O2. The first-order chi connectivity index (χ1) is 7.74. The zero-order chi connectivity index (χ0) is 11.8. The number of ether oxygens (including phenoxy) is 1. The first-order valence-corrected chi connectivity index (χ1v) is 5.94. The fourth-order valence-electron chi connectivity index (χ4n) is 1.59. The molecule has 0 amide bonds. The number of rotatable bonds is 7. The number of para-hydroxylation sites is 1. The van der Waals surface area contributed by atoms with E-state index >= 15 is 0 Å². The maximum atomic E-state index is 11.1. The highest BCUT2D eigenvalue weighted by atomic mass is 16.5. The summed E-state index contributed by atoms with van der Waals surface area (Å²) in [5.74, 6) is 1.03. The van der Waals surface area contributed by atoms with E-state index in [1.807, 2.05) is 24.3 Å². The minimum Gasteiger partial charge on any atom is -0.493 e. The van der Waals surface area contributed by atoms with Gasteiger partial charge in [0.2, 0.25) is 0 Å². The molecule has 0 radical (unpaired) electrons. The van der Waals surface area contributed by atoms with E-state index in [1.54, 1.807) is 6.92 Å². The van der Waals surface area contributed by atoms with Crippen molar-refractivity contribution in [2.45, 2.75) is 39.5 Å². The van der Waals surface area contributed by atoms with E-state index in [2.05, 4.69) is 6.92 Å². The first kappa shape index (κ1) is 12.8. The van der Waals surface area contributed by atoms with Crippen LogP contribution >= 0.6 is 0 Å². The van der Waals surface area contributed by atoms with Gasteiger partial charge in [0.25, 0.3) is 0 Å². The van der Waals surface area contributed by atoms with Crippen LogP contribution < -0.4 is 4.74 Å². The van der Waals surface area contributed by atoms with E-state index < -0.39 is 0 Å². The molecule has 0 aromatic heterocycles. The van der Waals surface area contributed by atoms with Gasteiger partial charge >= 0.3 is 0 Å². The van der Waals surface area contributed by atoms with Crippen molar-refractivity contribution in [1.82, 2.24) is 0 Å². The summed E-state index contributed by atoms with van der Waals surface area (Å²) in [4.78, 5) is 11.1. The SMILES string of the molecule is CCCCCOc1ccccc1CC(C)=O. The summed E-state index contributed by atoms with van der Waals surface area (Å²) >= 11 is 0. The molecule has 2 nitrogen and oxygen atoms in total. The Kier molecular flexibility index (Phi) is 5.62. The Balaban J connectivity index is 2.53. The molecule has 0 fully saturated rings. The minimum atomic E-state index is 0.171. The predicted molar refractivity (Wildman–Crippen MR) is 65.8 cm³/mol. The van der Waals surface area contributed by atoms with Gasteiger partial charge in [0, 0.05) is 12.0 Å². The van der Waals surface area contributed by atoms with Crippen molar-refractivity contribution < 1.29 is 9.53 Å². The Hall–Kier alpha value is -1.31. The van der Waals surface area contributed by atoms with E-state index in [-0.39, 0.29) is 5.78 Å². The zero-order valence-electron chi connectivity index (χ0n) is 10.2. The summed E-state index contributed by atoms with van der Waals surface area (Å²) in [6, 6.07) is 7.77. The Labute approximate surface area is 97.6 Å². The molecule has 0 aliphatic rings. The molecule has 1 aromatic rings. The molecule has 2 heteroatoms. The van der Waals surface area contributed by atoms with Crippen LogP contribution in [0.3, 0.4) is 0 Å². The second-order valence-corrected chi connectivity index (χ2v) is 4.04. The molecule has 1 rings (SSSR count). The number of benzene rings is 1. The van der Waals surface area contributed by atoms with Crippen LogP contribution in [0.4, 0.5) is 0 Å². The summed E-state index contributed by atoms with van der Waals surface area (Å²) in [6.45, 7) is 4.51. The summed E-state index contributed by atoms with van der Waals surface area (Å²) in [5, 5.41) is 0. The molecule has 16 heavy (non-hydrogen) atoms. The van der Waals surface area contributed by atoms with Gasteiger partial charge in [-0.15, -0.1) is 0 Å². The van der Waals surface area contributed by atoms with E-state index in [0.29, 0.717) is 6.42 Å². The highest BCUT2D eigenvalue weighted by Crippen LogP contribution is 2.19. The average molecular weight is 220 g/mol. The minimum absolute atomic E-state index is 0.171. The van der Waals surface area contributed by atoms with E-state index in [0.717, 1.165) is 24.3 Å². The third-order valence-corrected chi connectivity index (χ3v) is 2.42. The van der Waals surface area contributed by atoms with E-state index in [1.165, 1.54) is 12.8 Å². The molecule has 0 saturated carbocycles. The standard InChI is InChI=1S/C14H20O2/c1-3-4-7-10-16-14-9-6-5-8-13(14)11-12(2)15/h5-6,8-9H,3-4,7,10-11H2,1-2H3. The molecule has 0 spiro atoms. The fraction of sp³-hybridized carbons (Fsp3) is 0.500. The topological polar surface area (TPSA) is 26.3 Å². The lowest BCUT2D eigenvalue weighted by Gasteiger charge is -2.10. The van der Waals surface area contributed by atoms with Gasteiger partial charge in [0.05, 0.1) is 6.61 Å². The van der Waals surface area contributed by atoms with Crippen molar-refractivity contribution in [2.24, 2.45) is 0 Å². The fourth-order valence-corrected chi connectivity index (χ4v) is 1.59. The second kappa shape index (κ2) is 7.04. The van der Waals surface area contributed by atoms with Gasteiger partial charge in [-0.3, -0.25) is 4.79 Å². The van der Waals surface area contributed by atoms with Crippen LogP contribution in [0.15, 0.2) is 24.3 Å². The van der Waals surface area contributed by atoms with Crippen molar-refractivity contribution >= 4 is 5.78 Å². The monoisotopic (exact) mass is 220 g/mol. The van der Waals surface area contributed by atoms with Gasteiger partial charge in [0.15, 0.2) is 0 Å². The molecule has 0 aliphatic heterocycles. The molecule has 0 atom stereocenters. The molecule has 0 N–H and O–H groups in total. The Morgan fingerprint density at radius 1 is 1.25 bits per heavy atom. The lowest BCUT2D eigenvalue weighted by molar-refractivity contribution is -0.116. The van der Waals surface area contributed by atoms with Crippen molar-refractivity contribution in [3.8, 4) is 5.75 Å². The smallest absolute Gasteiger partial charge is 0.134 e. The van der Waals surface area contributed by atoms with Gasteiger partial charge in [-0.2, -0.15) is 0 Å². The van der Waals surface area contributed by atoms with Crippen LogP contribution in [0.25, 0.3) is 0 Å². The van der Waals surface area contributed by atoms with Crippen LogP contribution in [0, 0.1) is 0 Å². The van der Waals surface area contributed by atoms with E-state index in [9.17, 15) is 4.79 Å². The molecule has 0 heterocycles. The largest absolute Gasteiger partial charge is 0.493 e. The van der Waals surface area contributed by atoms with Gasteiger partial charge < -0.3 is 4.74 Å². The number of carbonyl (C=O) groups is 1. The summed E-state index contributed by atoms with van der Waals surface area (Å²) in [6.07, 6.45) is 3.92. The highest BCUT2D eigenvalue weighted by molar-refractivity contribution is 5.78. The number of hydrogen-bond acceptors (Lipinski definition) is 2. The van der Waals surface area contributed by atoms with Crippen LogP contribution in [-0.2, 0) is 11.2 Å². The molecule has 0 bridgehead atoms. The second-order valence-electron chi connectivity index (χ2n) is 4.04. The maximum Gasteiger partial charge on any atom is 0.134 e. The van der Waals surface area contributed by atoms with Crippen molar-refractivity contribution in [1.29, 1.82) is 0 Å². The molecule has 0 saturated heterocycles. The highest BCUT2D eigenvalue weighted by Gasteiger charge is 2.04. The normalized spacial score (nSPS) is 10.1. The van der Waals surface area contributed by atoms with E-state index in [4.69, 9.17) is 4.74 Å². The summed E-state index contributed by atoms with van der Waals surface area (Å²) in [7, 11) is 0. The summed E-state index contributed by atoms with van der Waals surface area (Å²) < 4.78 is 5.69. The molecule has 0 aliphatic carbocycles. The van der Waals surface area contributed by atoms with Crippen LogP contribution in [0.1, 0.15) is 38.7 Å². The quantitative estimate of drug-likeness (QED) is 0.658. The lowest BCUT2D eigenvalue weighted by atomic mass is 10.1. The third-order valence-electron chi connectivity index (χ3n) is 2.42. The predicted octanol–water partition coefficient (Wildman–Crippen LogP) is 3.39. The zero-order valence-corrected chi connectivity index (χ0v) is 10.2. The van der Waals surface area contributed by atoms with Crippen LogP contribution in [-0.4, -0.2) is 12.4 Å². The van der Waals surface area contributed by atoms with Crippen molar-refractivity contribution in [3.05, 3.63) is 29.8 Å². The van der Waals surface area contributed by atoms with Gasteiger partial charge in [-0.1, -0.05) is 38.0 Å². The van der Waals surface area contributed by atoms with Crippen LogP contribution in [0.2, 0.25) is 0 Å². The maximum absolute atomic E-state index is 11.1. The van der Waals surface area contributed by atoms with Crippen LogP contribution in [0.5, 0.6) is 5.75 Å². The van der Waals surface area contributed by atoms with Crippen molar-refractivity contribution in [3.63, 3.8) is 0 Å². The average Bonchev–Trinajstić information content (AvgIpc) is 2.26. The molecule has 88 valence electrons. The lowest BCUT2D eigenvalue weighted by Crippen LogP contribution is -2.03. The number of unbranched alkanes of at least 4 members (excludes halogenated alkanes) is 2.